The first-order chi connectivity index (χ1) is 13.6. The van der Waals surface area contributed by atoms with Crippen molar-refractivity contribution in [1.82, 2.24) is 15.4 Å². The summed E-state index contributed by atoms with van der Waals surface area (Å²) in [5, 5.41) is 3.39. The Labute approximate surface area is 162 Å². The minimum atomic E-state index is -0.446. The van der Waals surface area contributed by atoms with Gasteiger partial charge in [-0.1, -0.05) is 6.07 Å². The molecule has 1 saturated heterocycles. The molecular formula is C19H23FN6O2. The predicted molar refractivity (Wildman–Crippen MR) is 102 cm³/mol. The van der Waals surface area contributed by atoms with Crippen molar-refractivity contribution < 1.29 is 13.9 Å². The highest BCUT2D eigenvalue weighted by Crippen LogP contribution is 2.44. The first-order valence-electron chi connectivity index (χ1n) is 9.35. The number of amides is 1. The van der Waals surface area contributed by atoms with Crippen LogP contribution in [0.5, 0.6) is 0 Å². The summed E-state index contributed by atoms with van der Waals surface area (Å²) in [5.74, 6) is 4.87. The number of carbonyl (C=O) groups excluding carboxylic acids is 1. The number of aromatic nitrogens is 2. The Morgan fingerprint density at radius 2 is 1.93 bits per heavy atom. The van der Waals surface area contributed by atoms with Crippen LogP contribution in [0.1, 0.15) is 35.2 Å². The van der Waals surface area contributed by atoms with E-state index in [4.69, 9.17) is 10.6 Å². The van der Waals surface area contributed by atoms with Gasteiger partial charge in [-0.2, -0.15) is 0 Å². The van der Waals surface area contributed by atoms with Crippen molar-refractivity contribution >= 4 is 17.5 Å². The number of nitrogen functional groups attached to an aromatic ring is 1. The summed E-state index contributed by atoms with van der Waals surface area (Å²) >= 11 is 0. The summed E-state index contributed by atoms with van der Waals surface area (Å²) in [4.78, 5) is 22.0. The molecule has 1 saturated carbocycles. The van der Waals surface area contributed by atoms with Crippen LogP contribution < -0.4 is 21.5 Å². The summed E-state index contributed by atoms with van der Waals surface area (Å²) < 4.78 is 19.8. The Kier molecular flexibility index (Phi) is 5.10. The number of halogens is 1. The van der Waals surface area contributed by atoms with Crippen molar-refractivity contribution in [3.05, 3.63) is 47.5 Å². The van der Waals surface area contributed by atoms with E-state index in [1.807, 2.05) is 17.0 Å². The van der Waals surface area contributed by atoms with Crippen LogP contribution in [-0.4, -0.2) is 42.2 Å². The third-order valence-electron chi connectivity index (χ3n) is 5.45. The standard InChI is InChI=1S/C19H23FN6O2/c20-15-3-2-14(10-16(15)26-6-8-28-9-7-26)19(4-1-5-19)24-18-22-11-13(12-23-18)17(27)25-21/h2-3,10-12H,1,4-9,21H2,(H,25,27)(H,22,23,24). The molecule has 1 aromatic carbocycles. The van der Waals surface area contributed by atoms with Gasteiger partial charge in [-0.3, -0.25) is 10.2 Å². The fourth-order valence-electron chi connectivity index (χ4n) is 3.68. The molecule has 4 rings (SSSR count). The van der Waals surface area contributed by atoms with E-state index in [-0.39, 0.29) is 16.9 Å². The number of hydrazine groups is 1. The van der Waals surface area contributed by atoms with Crippen molar-refractivity contribution in [3.63, 3.8) is 0 Å². The van der Waals surface area contributed by atoms with Crippen LogP contribution in [0, 0.1) is 5.82 Å². The van der Waals surface area contributed by atoms with Crippen molar-refractivity contribution in [2.75, 3.05) is 36.5 Å². The van der Waals surface area contributed by atoms with E-state index in [9.17, 15) is 9.18 Å². The van der Waals surface area contributed by atoms with Gasteiger partial charge in [0, 0.05) is 25.5 Å². The Balaban J connectivity index is 1.58. The molecule has 9 heteroatoms. The monoisotopic (exact) mass is 386 g/mol. The number of hydrogen-bond donors (Lipinski definition) is 3. The molecule has 28 heavy (non-hydrogen) atoms. The van der Waals surface area contributed by atoms with Crippen LogP contribution in [0.25, 0.3) is 0 Å². The van der Waals surface area contributed by atoms with Crippen LogP contribution in [0.2, 0.25) is 0 Å². The minimum absolute atomic E-state index is 0.228. The van der Waals surface area contributed by atoms with E-state index in [0.717, 1.165) is 24.8 Å². The highest BCUT2D eigenvalue weighted by Gasteiger charge is 2.40. The summed E-state index contributed by atoms with van der Waals surface area (Å²) in [6.45, 7) is 2.55. The second kappa shape index (κ2) is 7.69. The molecule has 2 aromatic rings. The van der Waals surface area contributed by atoms with Crippen LogP contribution in [0.4, 0.5) is 16.0 Å². The normalized spacial score (nSPS) is 18.3. The molecule has 0 bridgehead atoms. The van der Waals surface area contributed by atoms with Crippen LogP contribution in [0.3, 0.4) is 0 Å². The quantitative estimate of drug-likeness (QED) is 0.407. The Bertz CT molecular complexity index is 850. The Morgan fingerprint density at radius 1 is 1.21 bits per heavy atom. The van der Waals surface area contributed by atoms with Crippen LogP contribution in [-0.2, 0) is 10.3 Å². The number of morpholine rings is 1. The Morgan fingerprint density at radius 3 is 2.54 bits per heavy atom. The third-order valence-corrected chi connectivity index (χ3v) is 5.45. The van der Waals surface area contributed by atoms with Gasteiger partial charge < -0.3 is 15.0 Å². The lowest BCUT2D eigenvalue weighted by Gasteiger charge is -2.43. The molecule has 0 spiro atoms. The fraction of sp³-hybridized carbons (Fsp3) is 0.421. The maximum absolute atomic E-state index is 14.5. The van der Waals surface area contributed by atoms with Gasteiger partial charge in [-0.15, -0.1) is 0 Å². The highest BCUT2D eigenvalue weighted by atomic mass is 19.1. The average Bonchev–Trinajstić information content (AvgIpc) is 2.72. The van der Waals surface area contributed by atoms with E-state index in [1.165, 1.54) is 18.5 Å². The molecule has 148 valence electrons. The SMILES string of the molecule is NNC(=O)c1cnc(NC2(c3ccc(F)c(N4CCOCC4)c3)CCC2)nc1. The lowest BCUT2D eigenvalue weighted by atomic mass is 9.71. The van der Waals surface area contributed by atoms with E-state index in [1.54, 1.807) is 0 Å². The van der Waals surface area contributed by atoms with E-state index in [0.29, 0.717) is 37.9 Å². The maximum Gasteiger partial charge on any atom is 0.268 e. The second-order valence-electron chi connectivity index (χ2n) is 7.10. The highest BCUT2D eigenvalue weighted by molar-refractivity contribution is 5.93. The number of hydrogen-bond acceptors (Lipinski definition) is 7. The topological polar surface area (TPSA) is 105 Å². The molecule has 4 N–H and O–H groups in total. The largest absolute Gasteiger partial charge is 0.378 e. The summed E-state index contributed by atoms with van der Waals surface area (Å²) in [6, 6.07) is 5.27. The van der Waals surface area contributed by atoms with Crippen LogP contribution in [0.15, 0.2) is 30.6 Å². The van der Waals surface area contributed by atoms with Gasteiger partial charge in [0.05, 0.1) is 30.0 Å². The summed E-state index contributed by atoms with van der Waals surface area (Å²) in [5.41, 5.74) is 3.60. The molecule has 2 fully saturated rings. The smallest absolute Gasteiger partial charge is 0.268 e. The molecule has 2 heterocycles. The van der Waals surface area contributed by atoms with Crippen LogP contribution >= 0.6 is 0 Å². The van der Waals surface area contributed by atoms with Crippen molar-refractivity contribution in [1.29, 1.82) is 0 Å². The van der Waals surface area contributed by atoms with E-state index < -0.39 is 5.91 Å². The van der Waals surface area contributed by atoms with Gasteiger partial charge in [-0.25, -0.2) is 20.2 Å². The lowest BCUT2D eigenvalue weighted by Crippen LogP contribution is -2.43. The number of nitrogens with one attached hydrogen (secondary N) is 2. The summed E-state index contributed by atoms with van der Waals surface area (Å²) in [6.07, 6.45) is 5.71. The van der Waals surface area contributed by atoms with Crippen molar-refractivity contribution in [3.8, 4) is 0 Å². The fourth-order valence-corrected chi connectivity index (χ4v) is 3.68. The second-order valence-corrected chi connectivity index (χ2v) is 7.10. The third kappa shape index (κ3) is 3.50. The number of nitrogens with two attached hydrogens (primary N) is 1. The average molecular weight is 386 g/mol. The molecule has 1 aliphatic carbocycles. The zero-order valence-corrected chi connectivity index (χ0v) is 15.4. The first kappa shape index (κ1) is 18.6. The lowest BCUT2D eigenvalue weighted by molar-refractivity contribution is 0.0953. The summed E-state index contributed by atoms with van der Waals surface area (Å²) in [7, 11) is 0. The number of nitrogens with zero attached hydrogens (tertiary/aromatic N) is 3. The molecule has 0 atom stereocenters. The molecule has 0 unspecified atom stereocenters. The number of benzene rings is 1. The zero-order valence-electron chi connectivity index (χ0n) is 15.4. The van der Waals surface area contributed by atoms with Gasteiger partial charge >= 0.3 is 0 Å². The first-order valence-corrected chi connectivity index (χ1v) is 9.35. The van der Waals surface area contributed by atoms with E-state index in [2.05, 4.69) is 20.7 Å². The molecule has 8 nitrogen and oxygen atoms in total. The zero-order chi connectivity index (χ0) is 19.6. The van der Waals surface area contributed by atoms with Gasteiger partial charge in [0.2, 0.25) is 5.95 Å². The molecule has 1 aliphatic heterocycles. The maximum atomic E-state index is 14.5. The predicted octanol–water partition coefficient (Wildman–Crippen LogP) is 1.55. The molecule has 1 aromatic heterocycles. The number of rotatable bonds is 5. The van der Waals surface area contributed by atoms with Gasteiger partial charge in [0.25, 0.3) is 5.91 Å². The molecule has 0 radical (unpaired) electrons. The van der Waals surface area contributed by atoms with Gasteiger partial charge in [-0.05, 0) is 37.0 Å². The van der Waals surface area contributed by atoms with Gasteiger partial charge in [0.1, 0.15) is 5.82 Å². The van der Waals surface area contributed by atoms with Gasteiger partial charge in [0.15, 0.2) is 0 Å². The molecule has 1 amide bonds. The molecular weight excluding hydrogens is 363 g/mol. The number of anilines is 2. The minimum Gasteiger partial charge on any atom is -0.378 e. The number of ether oxygens (including phenoxy) is 1. The Hall–Kier alpha value is -2.78. The van der Waals surface area contributed by atoms with E-state index >= 15 is 0 Å². The van der Waals surface area contributed by atoms with Crippen molar-refractivity contribution in [2.24, 2.45) is 5.84 Å². The molecule has 2 aliphatic rings. The van der Waals surface area contributed by atoms with Crippen molar-refractivity contribution in [2.45, 2.75) is 24.8 Å². The number of carbonyl (C=O) groups is 1.